The van der Waals surface area contributed by atoms with Crippen molar-refractivity contribution in [1.82, 2.24) is 10.2 Å². The van der Waals surface area contributed by atoms with E-state index in [4.69, 9.17) is 11.6 Å². The highest BCUT2D eigenvalue weighted by Crippen LogP contribution is 2.25. The molecule has 5 heteroatoms. The van der Waals surface area contributed by atoms with Gasteiger partial charge in [-0.05, 0) is 62.5 Å². The fraction of sp³-hybridized carbons (Fsp3) is 0.435. The number of benzene rings is 2. The van der Waals surface area contributed by atoms with Gasteiger partial charge in [-0.2, -0.15) is 0 Å². The molecular formula is C23H28ClFN2O. The van der Waals surface area contributed by atoms with Gasteiger partial charge in [-0.25, -0.2) is 4.39 Å². The summed E-state index contributed by atoms with van der Waals surface area (Å²) in [6.45, 7) is 6.17. The van der Waals surface area contributed by atoms with Gasteiger partial charge in [-0.1, -0.05) is 48.9 Å². The number of hydrogen-bond donors (Lipinski definition) is 1. The number of carbonyl (C=O) groups excluding carboxylic acids is 1. The summed E-state index contributed by atoms with van der Waals surface area (Å²) in [5.74, 6) is -0.157. The zero-order valence-electron chi connectivity index (χ0n) is 16.6. The van der Waals surface area contributed by atoms with Gasteiger partial charge < -0.3 is 5.32 Å². The van der Waals surface area contributed by atoms with E-state index >= 15 is 0 Å². The maximum atomic E-state index is 14.0. The molecule has 28 heavy (non-hydrogen) atoms. The summed E-state index contributed by atoms with van der Waals surface area (Å²) in [4.78, 5) is 14.8. The first-order valence-corrected chi connectivity index (χ1v) is 10.4. The van der Waals surface area contributed by atoms with Crippen LogP contribution in [-0.2, 0) is 17.8 Å². The Morgan fingerprint density at radius 3 is 2.50 bits per heavy atom. The monoisotopic (exact) mass is 402 g/mol. The third-order valence-corrected chi connectivity index (χ3v) is 6.00. The van der Waals surface area contributed by atoms with E-state index < -0.39 is 0 Å². The molecule has 1 saturated heterocycles. The molecule has 1 atom stereocenters. The van der Waals surface area contributed by atoms with E-state index in [-0.39, 0.29) is 23.7 Å². The molecule has 1 amide bonds. The van der Waals surface area contributed by atoms with Crippen LogP contribution in [0.5, 0.6) is 0 Å². The molecule has 1 unspecified atom stereocenters. The van der Waals surface area contributed by atoms with Crippen LogP contribution in [0.3, 0.4) is 0 Å². The van der Waals surface area contributed by atoms with Crippen molar-refractivity contribution in [2.45, 2.75) is 45.7 Å². The van der Waals surface area contributed by atoms with E-state index in [1.165, 1.54) is 11.6 Å². The van der Waals surface area contributed by atoms with Crippen molar-refractivity contribution in [2.75, 3.05) is 13.1 Å². The Hall–Kier alpha value is -1.91. The molecule has 2 aromatic carbocycles. The van der Waals surface area contributed by atoms with Crippen molar-refractivity contribution < 1.29 is 9.18 Å². The van der Waals surface area contributed by atoms with Gasteiger partial charge in [0.25, 0.3) is 0 Å². The van der Waals surface area contributed by atoms with Crippen molar-refractivity contribution in [2.24, 2.45) is 5.92 Å². The molecule has 0 aliphatic carbocycles. The number of hydrogen-bond acceptors (Lipinski definition) is 2. The Labute approximate surface area is 171 Å². The molecule has 3 rings (SSSR count). The molecule has 3 nitrogen and oxygen atoms in total. The van der Waals surface area contributed by atoms with Crippen LogP contribution in [0.1, 0.15) is 49.4 Å². The van der Waals surface area contributed by atoms with Crippen molar-refractivity contribution in [3.8, 4) is 0 Å². The Balaban J connectivity index is 1.50. The molecule has 0 spiro atoms. The minimum Gasteiger partial charge on any atom is -0.349 e. The van der Waals surface area contributed by atoms with Crippen molar-refractivity contribution in [3.63, 3.8) is 0 Å². The molecule has 0 radical (unpaired) electrons. The molecule has 1 heterocycles. The van der Waals surface area contributed by atoms with Gasteiger partial charge in [0, 0.05) is 23.0 Å². The number of aryl methyl sites for hydroxylation is 1. The molecular weight excluding hydrogens is 375 g/mol. The summed E-state index contributed by atoms with van der Waals surface area (Å²) in [5.41, 5.74) is 2.96. The lowest BCUT2D eigenvalue weighted by Gasteiger charge is -2.32. The van der Waals surface area contributed by atoms with Crippen LogP contribution in [0.25, 0.3) is 0 Å². The third-order valence-electron chi connectivity index (χ3n) is 5.65. The first-order chi connectivity index (χ1) is 13.5. The highest BCUT2D eigenvalue weighted by molar-refractivity contribution is 6.31. The highest BCUT2D eigenvalue weighted by atomic mass is 35.5. The van der Waals surface area contributed by atoms with Gasteiger partial charge in [0.2, 0.25) is 5.91 Å². The number of rotatable bonds is 6. The molecule has 1 aliphatic rings. The smallest absolute Gasteiger partial charge is 0.223 e. The normalized spacial score (nSPS) is 16.7. The SMILES string of the molecule is CCc1ccc(C(C)NC(=O)C2CCN(Cc3c(F)cccc3Cl)CC2)cc1. The lowest BCUT2D eigenvalue weighted by molar-refractivity contribution is -0.127. The molecule has 1 fully saturated rings. The molecule has 0 bridgehead atoms. The first kappa shape index (κ1) is 20.8. The van der Waals surface area contributed by atoms with Crippen LogP contribution in [0, 0.1) is 11.7 Å². The largest absolute Gasteiger partial charge is 0.349 e. The second kappa shape index (κ2) is 9.53. The lowest BCUT2D eigenvalue weighted by Crippen LogP contribution is -2.41. The maximum absolute atomic E-state index is 14.0. The third kappa shape index (κ3) is 5.12. The quantitative estimate of drug-likeness (QED) is 0.726. The number of nitrogens with one attached hydrogen (secondary N) is 1. The molecule has 0 aromatic heterocycles. The predicted molar refractivity (Wildman–Crippen MR) is 112 cm³/mol. The van der Waals surface area contributed by atoms with Crippen molar-refractivity contribution in [1.29, 1.82) is 0 Å². The first-order valence-electron chi connectivity index (χ1n) is 10.0. The fourth-order valence-corrected chi connectivity index (χ4v) is 3.94. The van der Waals surface area contributed by atoms with Crippen LogP contribution in [0.15, 0.2) is 42.5 Å². The molecule has 1 aliphatic heterocycles. The molecule has 0 saturated carbocycles. The second-order valence-corrected chi connectivity index (χ2v) is 7.98. The van der Waals surface area contributed by atoms with Gasteiger partial charge >= 0.3 is 0 Å². The maximum Gasteiger partial charge on any atom is 0.223 e. The number of nitrogens with zero attached hydrogens (tertiary/aromatic N) is 1. The molecule has 150 valence electrons. The zero-order valence-corrected chi connectivity index (χ0v) is 17.3. The van der Waals surface area contributed by atoms with Crippen LogP contribution < -0.4 is 5.32 Å². The van der Waals surface area contributed by atoms with Gasteiger partial charge in [0.05, 0.1) is 6.04 Å². The average Bonchev–Trinajstić information content (AvgIpc) is 2.71. The summed E-state index contributed by atoms with van der Waals surface area (Å²) in [7, 11) is 0. The lowest BCUT2D eigenvalue weighted by atomic mass is 9.94. The van der Waals surface area contributed by atoms with Gasteiger partial charge in [-0.15, -0.1) is 0 Å². The Morgan fingerprint density at radius 1 is 1.21 bits per heavy atom. The Morgan fingerprint density at radius 2 is 1.89 bits per heavy atom. The number of halogens is 2. The Bertz CT molecular complexity index is 780. The van der Waals surface area contributed by atoms with Crippen LogP contribution in [0.4, 0.5) is 4.39 Å². The summed E-state index contributed by atoms with van der Waals surface area (Å²) >= 11 is 6.13. The van der Waals surface area contributed by atoms with Crippen molar-refractivity contribution in [3.05, 3.63) is 70.0 Å². The van der Waals surface area contributed by atoms with Crippen LogP contribution in [0.2, 0.25) is 5.02 Å². The topological polar surface area (TPSA) is 32.3 Å². The van der Waals surface area contributed by atoms with Crippen LogP contribution in [-0.4, -0.2) is 23.9 Å². The molecule has 2 aromatic rings. The number of piperidine rings is 1. The highest BCUT2D eigenvalue weighted by Gasteiger charge is 2.26. The van der Waals surface area contributed by atoms with Gasteiger partial charge in [0.1, 0.15) is 5.82 Å². The summed E-state index contributed by atoms with van der Waals surface area (Å²) < 4.78 is 14.0. The van der Waals surface area contributed by atoms with Gasteiger partial charge in [0.15, 0.2) is 0 Å². The summed E-state index contributed by atoms with van der Waals surface area (Å²) in [6, 6.07) is 13.2. The zero-order chi connectivity index (χ0) is 20.1. The number of carbonyl (C=O) groups is 1. The second-order valence-electron chi connectivity index (χ2n) is 7.58. The van der Waals surface area contributed by atoms with E-state index in [0.29, 0.717) is 17.1 Å². The summed E-state index contributed by atoms with van der Waals surface area (Å²) in [5, 5.41) is 3.61. The number of amides is 1. The van der Waals surface area contributed by atoms with E-state index in [1.807, 2.05) is 6.92 Å². The predicted octanol–water partition coefficient (Wildman–Crippen LogP) is 5.13. The minimum absolute atomic E-state index is 0.00436. The van der Waals surface area contributed by atoms with E-state index in [0.717, 1.165) is 37.9 Å². The van der Waals surface area contributed by atoms with E-state index in [1.54, 1.807) is 12.1 Å². The Kier molecular flexibility index (Phi) is 7.08. The standard InChI is InChI=1S/C23H28ClFN2O/c1-3-17-7-9-18(10-8-17)16(2)26-23(28)19-11-13-27(14-12-19)15-20-21(24)5-4-6-22(20)25/h4-10,16,19H,3,11-15H2,1-2H3,(H,26,28). The molecule has 1 N–H and O–H groups in total. The minimum atomic E-state index is -0.268. The summed E-state index contributed by atoms with van der Waals surface area (Å²) in [6.07, 6.45) is 2.57. The van der Waals surface area contributed by atoms with Crippen molar-refractivity contribution >= 4 is 17.5 Å². The van der Waals surface area contributed by atoms with Crippen LogP contribution >= 0.6 is 11.6 Å². The van der Waals surface area contributed by atoms with E-state index in [2.05, 4.69) is 41.4 Å². The average molecular weight is 403 g/mol. The number of likely N-dealkylation sites (tertiary alicyclic amines) is 1. The fourth-order valence-electron chi connectivity index (χ4n) is 3.72. The van der Waals surface area contributed by atoms with E-state index in [9.17, 15) is 9.18 Å². The van der Waals surface area contributed by atoms with Gasteiger partial charge in [-0.3, -0.25) is 9.69 Å².